The molecule has 1 aromatic carbocycles. The molecule has 2 heterocycles. The molecule has 1 saturated heterocycles. The number of likely N-dealkylation sites (tertiary alicyclic amines) is 1. The Morgan fingerprint density at radius 2 is 2.00 bits per heavy atom. The Morgan fingerprint density at radius 1 is 1.25 bits per heavy atom. The molecule has 0 radical (unpaired) electrons. The summed E-state index contributed by atoms with van der Waals surface area (Å²) in [4.78, 5) is 11.8. The maximum atomic E-state index is 4.80. The number of para-hydroxylation sites is 2. The smallest absolute Gasteiger partial charge is 0.193 e. The Hall–Kier alpha value is -1.31. The molecule has 1 aromatic heterocycles. The number of guanidine groups is 1. The number of nitrogens with one attached hydrogen (secondary N) is 1. The van der Waals surface area contributed by atoms with Crippen LogP contribution in [0.1, 0.15) is 32.0 Å². The zero-order chi connectivity index (χ0) is 16.1. The van der Waals surface area contributed by atoms with Gasteiger partial charge in [0.15, 0.2) is 5.96 Å². The van der Waals surface area contributed by atoms with Crippen molar-refractivity contribution in [3.8, 4) is 0 Å². The number of aryl methyl sites for hydroxylation is 2. The van der Waals surface area contributed by atoms with Crippen molar-refractivity contribution in [3.63, 3.8) is 0 Å². The monoisotopic (exact) mass is 441 g/mol. The molecule has 1 N–H and O–H groups in total. The van der Waals surface area contributed by atoms with Crippen LogP contribution in [0.2, 0.25) is 0 Å². The van der Waals surface area contributed by atoms with Crippen molar-refractivity contribution >= 4 is 41.0 Å². The van der Waals surface area contributed by atoms with Crippen molar-refractivity contribution in [2.24, 2.45) is 4.99 Å². The van der Waals surface area contributed by atoms with Crippen LogP contribution >= 0.6 is 24.0 Å². The molecular weight excluding hydrogens is 413 g/mol. The van der Waals surface area contributed by atoms with Gasteiger partial charge in [0, 0.05) is 32.7 Å². The molecule has 0 amide bonds. The van der Waals surface area contributed by atoms with E-state index in [1.54, 1.807) is 0 Å². The van der Waals surface area contributed by atoms with Crippen LogP contribution < -0.4 is 5.32 Å². The highest BCUT2D eigenvalue weighted by molar-refractivity contribution is 14.0. The minimum absolute atomic E-state index is 0. The number of rotatable bonds is 5. The van der Waals surface area contributed by atoms with Gasteiger partial charge in [0.25, 0.3) is 0 Å². The molecule has 0 spiro atoms. The summed E-state index contributed by atoms with van der Waals surface area (Å²) in [5.41, 5.74) is 2.30. The van der Waals surface area contributed by atoms with E-state index in [0.29, 0.717) is 0 Å². The summed E-state index contributed by atoms with van der Waals surface area (Å²) >= 11 is 0. The van der Waals surface area contributed by atoms with E-state index in [1.807, 2.05) is 6.07 Å². The first-order valence-electron chi connectivity index (χ1n) is 8.74. The van der Waals surface area contributed by atoms with Gasteiger partial charge in [0.2, 0.25) is 0 Å². The molecule has 2 aromatic rings. The second-order valence-electron chi connectivity index (χ2n) is 6.08. The molecule has 132 valence electrons. The number of imidazole rings is 1. The minimum Gasteiger partial charge on any atom is -0.357 e. The average Bonchev–Trinajstić information content (AvgIpc) is 3.18. The molecule has 1 fully saturated rings. The van der Waals surface area contributed by atoms with Gasteiger partial charge in [-0.1, -0.05) is 12.1 Å². The van der Waals surface area contributed by atoms with E-state index in [0.717, 1.165) is 56.4 Å². The topological polar surface area (TPSA) is 45.5 Å². The molecule has 1 aliphatic rings. The molecule has 24 heavy (non-hydrogen) atoms. The van der Waals surface area contributed by atoms with Crippen LogP contribution in [0.15, 0.2) is 29.3 Å². The second kappa shape index (κ2) is 9.25. The summed E-state index contributed by atoms with van der Waals surface area (Å²) in [6, 6.07) is 8.34. The lowest BCUT2D eigenvalue weighted by Crippen LogP contribution is -2.39. The van der Waals surface area contributed by atoms with Crippen LogP contribution in [0.25, 0.3) is 11.0 Å². The summed E-state index contributed by atoms with van der Waals surface area (Å²) < 4.78 is 2.30. The molecular formula is C18H28IN5. The van der Waals surface area contributed by atoms with Gasteiger partial charge in [-0.3, -0.25) is 4.99 Å². The minimum atomic E-state index is 0. The first-order valence-corrected chi connectivity index (χ1v) is 8.74. The number of aliphatic imine (C=N–C) groups is 1. The maximum absolute atomic E-state index is 4.80. The van der Waals surface area contributed by atoms with E-state index in [1.165, 1.54) is 18.4 Å². The summed E-state index contributed by atoms with van der Waals surface area (Å²) in [7, 11) is 0. The number of halogens is 1. The molecule has 0 saturated carbocycles. The lowest BCUT2D eigenvalue weighted by Gasteiger charge is -2.20. The third-order valence-corrected chi connectivity index (χ3v) is 4.39. The van der Waals surface area contributed by atoms with E-state index < -0.39 is 0 Å². The van der Waals surface area contributed by atoms with E-state index in [4.69, 9.17) is 4.99 Å². The quantitative estimate of drug-likeness (QED) is 0.335. The second-order valence-corrected chi connectivity index (χ2v) is 6.08. The predicted molar refractivity (Wildman–Crippen MR) is 111 cm³/mol. The van der Waals surface area contributed by atoms with Crippen LogP contribution in [-0.2, 0) is 6.54 Å². The van der Waals surface area contributed by atoms with Crippen molar-refractivity contribution in [1.29, 1.82) is 0 Å². The first-order chi connectivity index (χ1) is 11.3. The summed E-state index contributed by atoms with van der Waals surface area (Å²) in [5.74, 6) is 2.17. The molecule has 0 bridgehead atoms. The van der Waals surface area contributed by atoms with Crippen LogP contribution in [0.3, 0.4) is 0 Å². The van der Waals surface area contributed by atoms with Gasteiger partial charge in [0.05, 0.1) is 11.0 Å². The van der Waals surface area contributed by atoms with E-state index in [9.17, 15) is 0 Å². The van der Waals surface area contributed by atoms with Crippen LogP contribution in [0, 0.1) is 6.92 Å². The lowest BCUT2D eigenvalue weighted by molar-refractivity contribution is 0.492. The van der Waals surface area contributed by atoms with Crippen LogP contribution in [0.4, 0.5) is 0 Å². The molecule has 3 rings (SSSR count). The van der Waals surface area contributed by atoms with E-state index in [-0.39, 0.29) is 24.0 Å². The SMILES string of the molecule is CCNC(=NCCCn1c(C)nc2ccccc21)N1CCCC1.I. The molecule has 6 heteroatoms. The number of fused-ring (bicyclic) bond motifs is 1. The van der Waals surface area contributed by atoms with Gasteiger partial charge in [-0.2, -0.15) is 0 Å². The third-order valence-electron chi connectivity index (χ3n) is 4.39. The molecule has 0 unspecified atom stereocenters. The Labute approximate surface area is 161 Å². The Kier molecular flexibility index (Phi) is 7.33. The number of hydrogen-bond acceptors (Lipinski definition) is 2. The third kappa shape index (κ3) is 4.40. The van der Waals surface area contributed by atoms with Gasteiger partial charge < -0.3 is 14.8 Å². The molecule has 5 nitrogen and oxygen atoms in total. The normalized spacial score (nSPS) is 14.9. The lowest BCUT2D eigenvalue weighted by atomic mass is 10.3. The van der Waals surface area contributed by atoms with Crippen LogP contribution in [-0.4, -0.2) is 46.6 Å². The standard InChI is InChI=1S/C18H27N5.HI/c1-3-19-18(22-12-6-7-13-22)20-11-8-14-23-15(2)21-16-9-4-5-10-17(16)23;/h4-5,9-10H,3,6-8,11-14H2,1-2H3,(H,19,20);1H. The Balaban J connectivity index is 0.00000208. The predicted octanol–water partition coefficient (Wildman–Crippen LogP) is 3.41. The fourth-order valence-corrected chi connectivity index (χ4v) is 3.25. The van der Waals surface area contributed by atoms with Gasteiger partial charge in [-0.25, -0.2) is 4.98 Å². The van der Waals surface area contributed by atoms with Crippen molar-refractivity contribution in [2.45, 2.75) is 39.7 Å². The molecule has 1 aliphatic heterocycles. The summed E-state index contributed by atoms with van der Waals surface area (Å²) in [6.45, 7) is 9.24. The zero-order valence-corrected chi connectivity index (χ0v) is 17.0. The highest BCUT2D eigenvalue weighted by Gasteiger charge is 2.15. The Bertz CT molecular complexity index is 673. The van der Waals surface area contributed by atoms with E-state index in [2.05, 4.69) is 51.8 Å². The van der Waals surface area contributed by atoms with Gasteiger partial charge in [-0.15, -0.1) is 24.0 Å². The molecule has 0 aliphatic carbocycles. The van der Waals surface area contributed by atoms with Crippen LogP contribution in [0.5, 0.6) is 0 Å². The van der Waals surface area contributed by atoms with Crippen molar-refractivity contribution in [3.05, 3.63) is 30.1 Å². The fourth-order valence-electron chi connectivity index (χ4n) is 3.25. The van der Waals surface area contributed by atoms with Gasteiger partial charge >= 0.3 is 0 Å². The van der Waals surface area contributed by atoms with Crippen molar-refractivity contribution in [1.82, 2.24) is 19.8 Å². The number of nitrogens with zero attached hydrogens (tertiary/aromatic N) is 4. The number of hydrogen-bond donors (Lipinski definition) is 1. The van der Waals surface area contributed by atoms with Crippen molar-refractivity contribution in [2.75, 3.05) is 26.2 Å². The zero-order valence-electron chi connectivity index (χ0n) is 14.7. The average molecular weight is 441 g/mol. The highest BCUT2D eigenvalue weighted by atomic mass is 127. The van der Waals surface area contributed by atoms with Gasteiger partial charge in [0.1, 0.15) is 5.82 Å². The van der Waals surface area contributed by atoms with E-state index >= 15 is 0 Å². The number of benzene rings is 1. The van der Waals surface area contributed by atoms with Gasteiger partial charge in [-0.05, 0) is 45.2 Å². The Morgan fingerprint density at radius 3 is 2.75 bits per heavy atom. The molecule has 0 atom stereocenters. The number of aromatic nitrogens is 2. The maximum Gasteiger partial charge on any atom is 0.193 e. The summed E-state index contributed by atoms with van der Waals surface area (Å²) in [6.07, 6.45) is 3.60. The largest absolute Gasteiger partial charge is 0.357 e. The highest BCUT2D eigenvalue weighted by Crippen LogP contribution is 2.15. The first kappa shape index (κ1) is 19.0. The fraction of sp³-hybridized carbons (Fsp3) is 0.556. The van der Waals surface area contributed by atoms with Crippen molar-refractivity contribution < 1.29 is 0 Å². The summed E-state index contributed by atoms with van der Waals surface area (Å²) in [5, 5.41) is 3.42.